The van der Waals surface area contributed by atoms with Crippen LogP contribution in [0.1, 0.15) is 12.5 Å². The molecular formula is C17H15N3O5. The number of methoxy groups -OCH3 is 1. The van der Waals surface area contributed by atoms with E-state index in [1.54, 1.807) is 31.2 Å². The van der Waals surface area contributed by atoms with Gasteiger partial charge in [0.05, 0.1) is 23.7 Å². The van der Waals surface area contributed by atoms with Gasteiger partial charge < -0.3 is 14.8 Å². The maximum atomic E-state index is 11.3. The van der Waals surface area contributed by atoms with Crippen molar-refractivity contribution in [3.8, 4) is 11.8 Å². The monoisotopic (exact) mass is 341 g/mol. The Bertz CT molecular complexity index is 827. The number of nitro groups is 1. The maximum Gasteiger partial charge on any atom is 0.346 e. The fraction of sp³-hybridized carbons (Fsp3) is 0.176. The van der Waals surface area contributed by atoms with E-state index in [2.05, 4.69) is 10.1 Å². The first-order valence-electron chi connectivity index (χ1n) is 7.24. The van der Waals surface area contributed by atoms with Gasteiger partial charge in [-0.3, -0.25) is 10.1 Å². The smallest absolute Gasteiger partial charge is 0.346 e. The first-order chi connectivity index (χ1) is 11.9. The van der Waals surface area contributed by atoms with Gasteiger partial charge in [0.1, 0.15) is 11.4 Å². The number of carbonyl (C=O) groups excluding carboxylic acids is 1. The summed E-state index contributed by atoms with van der Waals surface area (Å²) in [5.41, 5.74) is 0.864. The normalized spacial score (nSPS) is 11.1. The first kappa shape index (κ1) is 17.7. The molecule has 0 spiro atoms. The van der Waals surface area contributed by atoms with Crippen LogP contribution in [0.15, 0.2) is 42.5 Å². The number of nitro benzene ring substituents is 1. The number of nitrogens with one attached hydrogen (secondary N) is 1. The van der Waals surface area contributed by atoms with Gasteiger partial charge in [-0.15, -0.1) is 0 Å². The van der Waals surface area contributed by atoms with Gasteiger partial charge in [0.15, 0.2) is 6.10 Å². The predicted octanol–water partition coefficient (Wildman–Crippen LogP) is 3.15. The van der Waals surface area contributed by atoms with Crippen LogP contribution < -0.4 is 10.1 Å². The van der Waals surface area contributed by atoms with Crippen molar-refractivity contribution in [1.29, 1.82) is 5.26 Å². The average Bonchev–Trinajstić information content (AvgIpc) is 2.62. The minimum Gasteiger partial charge on any atom is -0.479 e. The molecule has 0 saturated carbocycles. The van der Waals surface area contributed by atoms with Crippen LogP contribution in [0.4, 0.5) is 17.1 Å². The molecule has 2 aromatic rings. The number of benzene rings is 2. The topological polar surface area (TPSA) is 114 Å². The Morgan fingerprint density at radius 1 is 1.28 bits per heavy atom. The van der Waals surface area contributed by atoms with E-state index in [4.69, 9.17) is 10.00 Å². The molecule has 0 aliphatic rings. The molecule has 1 unspecified atom stereocenters. The van der Waals surface area contributed by atoms with Gasteiger partial charge in [-0.05, 0) is 43.3 Å². The first-order valence-corrected chi connectivity index (χ1v) is 7.24. The number of carbonyl (C=O) groups is 1. The Balaban J connectivity index is 2.15. The van der Waals surface area contributed by atoms with Crippen LogP contribution >= 0.6 is 0 Å². The third-order valence-corrected chi connectivity index (χ3v) is 3.30. The second-order valence-corrected chi connectivity index (χ2v) is 5.03. The number of rotatable bonds is 6. The maximum absolute atomic E-state index is 11.3. The molecule has 0 saturated heterocycles. The lowest BCUT2D eigenvalue weighted by molar-refractivity contribution is -0.383. The molecule has 0 aliphatic carbocycles. The standard InChI is InChI=1S/C17H15N3O5/c1-11(17(21)24-2)25-14-6-4-13(5-7-14)19-15-8-3-12(10-18)9-16(15)20(22)23/h3-9,11,19H,1-2H3. The van der Waals surface area contributed by atoms with Gasteiger partial charge in [-0.2, -0.15) is 5.26 Å². The molecule has 0 heterocycles. The van der Waals surface area contributed by atoms with Gasteiger partial charge in [0.25, 0.3) is 5.69 Å². The van der Waals surface area contributed by atoms with Crippen LogP contribution in [0.3, 0.4) is 0 Å². The number of nitriles is 1. The van der Waals surface area contributed by atoms with E-state index in [0.29, 0.717) is 11.4 Å². The SMILES string of the molecule is COC(=O)C(C)Oc1ccc(Nc2ccc(C#N)cc2[N+](=O)[O-])cc1. The van der Waals surface area contributed by atoms with Crippen molar-refractivity contribution >= 4 is 23.0 Å². The Labute approximate surface area is 143 Å². The van der Waals surface area contributed by atoms with Crippen molar-refractivity contribution in [3.05, 3.63) is 58.1 Å². The lowest BCUT2D eigenvalue weighted by Crippen LogP contribution is -2.24. The molecule has 0 aromatic heterocycles. The molecule has 2 aromatic carbocycles. The minimum atomic E-state index is -0.747. The van der Waals surface area contributed by atoms with Crippen LogP contribution in [-0.4, -0.2) is 24.1 Å². The molecule has 8 heteroatoms. The highest BCUT2D eigenvalue weighted by atomic mass is 16.6. The molecule has 0 aliphatic heterocycles. The molecule has 8 nitrogen and oxygen atoms in total. The molecular weight excluding hydrogens is 326 g/mol. The number of hydrogen-bond acceptors (Lipinski definition) is 7. The summed E-state index contributed by atoms with van der Waals surface area (Å²) >= 11 is 0. The summed E-state index contributed by atoms with van der Waals surface area (Å²) in [7, 11) is 1.28. The Morgan fingerprint density at radius 2 is 1.96 bits per heavy atom. The van der Waals surface area contributed by atoms with E-state index in [1.165, 1.54) is 25.3 Å². The van der Waals surface area contributed by atoms with E-state index in [9.17, 15) is 14.9 Å². The number of ether oxygens (including phenoxy) is 2. The summed E-state index contributed by atoms with van der Waals surface area (Å²) in [6.45, 7) is 1.57. The van der Waals surface area contributed by atoms with Gasteiger partial charge in [0, 0.05) is 11.8 Å². The molecule has 2 rings (SSSR count). The highest BCUT2D eigenvalue weighted by Crippen LogP contribution is 2.29. The number of anilines is 2. The Kier molecular flexibility index (Phi) is 5.53. The minimum absolute atomic E-state index is 0.196. The molecule has 0 radical (unpaired) electrons. The van der Waals surface area contributed by atoms with Gasteiger partial charge in [-0.25, -0.2) is 4.79 Å². The van der Waals surface area contributed by atoms with Crippen LogP contribution in [0.25, 0.3) is 0 Å². The summed E-state index contributed by atoms with van der Waals surface area (Å²) in [5, 5.41) is 22.9. The molecule has 0 fully saturated rings. The number of nitrogens with zero attached hydrogens (tertiary/aromatic N) is 2. The van der Waals surface area contributed by atoms with E-state index in [1.807, 2.05) is 6.07 Å². The van der Waals surface area contributed by atoms with Crippen molar-refractivity contribution in [1.82, 2.24) is 0 Å². The molecule has 1 atom stereocenters. The highest BCUT2D eigenvalue weighted by Gasteiger charge is 2.16. The lowest BCUT2D eigenvalue weighted by atomic mass is 10.2. The largest absolute Gasteiger partial charge is 0.479 e. The van der Waals surface area contributed by atoms with Crippen LogP contribution in [0.2, 0.25) is 0 Å². The number of esters is 1. The lowest BCUT2D eigenvalue weighted by Gasteiger charge is -2.13. The second kappa shape index (κ2) is 7.79. The molecule has 128 valence electrons. The third-order valence-electron chi connectivity index (χ3n) is 3.30. The summed E-state index contributed by atoms with van der Waals surface area (Å²) in [5.74, 6) is -0.0341. The average molecular weight is 341 g/mol. The van der Waals surface area contributed by atoms with Crippen molar-refractivity contribution in [2.45, 2.75) is 13.0 Å². The Hall–Kier alpha value is -3.60. The van der Waals surface area contributed by atoms with Gasteiger partial charge in [-0.1, -0.05) is 0 Å². The van der Waals surface area contributed by atoms with Crippen LogP contribution in [0.5, 0.6) is 5.75 Å². The molecule has 0 bridgehead atoms. The van der Waals surface area contributed by atoms with E-state index in [0.717, 1.165) is 0 Å². The molecule has 25 heavy (non-hydrogen) atoms. The van der Waals surface area contributed by atoms with Crippen molar-refractivity contribution in [2.75, 3.05) is 12.4 Å². The summed E-state index contributed by atoms with van der Waals surface area (Å²) in [6.07, 6.45) is -0.747. The van der Waals surface area contributed by atoms with Crippen molar-refractivity contribution < 1.29 is 19.2 Å². The summed E-state index contributed by atoms with van der Waals surface area (Å²) in [4.78, 5) is 21.9. The van der Waals surface area contributed by atoms with Crippen molar-refractivity contribution in [3.63, 3.8) is 0 Å². The number of hydrogen-bond donors (Lipinski definition) is 1. The highest BCUT2D eigenvalue weighted by molar-refractivity contribution is 5.74. The van der Waals surface area contributed by atoms with Gasteiger partial charge >= 0.3 is 5.97 Å². The fourth-order valence-electron chi connectivity index (χ4n) is 2.05. The van der Waals surface area contributed by atoms with Crippen LogP contribution in [0, 0.1) is 21.4 Å². The van der Waals surface area contributed by atoms with E-state index in [-0.39, 0.29) is 16.9 Å². The zero-order chi connectivity index (χ0) is 18.4. The fourth-order valence-corrected chi connectivity index (χ4v) is 2.05. The summed E-state index contributed by atoms with van der Waals surface area (Å²) in [6, 6.07) is 12.6. The van der Waals surface area contributed by atoms with E-state index >= 15 is 0 Å². The summed E-state index contributed by atoms with van der Waals surface area (Å²) < 4.78 is 10.00. The molecule has 0 amide bonds. The Morgan fingerprint density at radius 3 is 2.52 bits per heavy atom. The predicted molar refractivity (Wildman–Crippen MR) is 89.6 cm³/mol. The van der Waals surface area contributed by atoms with Crippen molar-refractivity contribution in [2.24, 2.45) is 0 Å². The zero-order valence-corrected chi connectivity index (χ0v) is 13.6. The van der Waals surface area contributed by atoms with Gasteiger partial charge in [0.2, 0.25) is 0 Å². The quantitative estimate of drug-likeness (QED) is 0.487. The zero-order valence-electron chi connectivity index (χ0n) is 13.6. The molecule has 1 N–H and O–H groups in total. The van der Waals surface area contributed by atoms with E-state index < -0.39 is 17.0 Å². The van der Waals surface area contributed by atoms with Crippen LogP contribution in [-0.2, 0) is 9.53 Å². The third kappa shape index (κ3) is 4.45. The second-order valence-electron chi connectivity index (χ2n) is 5.03.